The van der Waals surface area contributed by atoms with Gasteiger partial charge in [0.25, 0.3) is 0 Å². The fraction of sp³-hybridized carbons (Fsp3) is 0. The summed E-state index contributed by atoms with van der Waals surface area (Å²) in [5.41, 5.74) is 0. The summed E-state index contributed by atoms with van der Waals surface area (Å²) in [5.74, 6) is 0. The zero-order valence-corrected chi connectivity index (χ0v) is 8.73. The monoisotopic (exact) mass is 380 g/mol. The number of rotatable bonds is 0. The van der Waals surface area contributed by atoms with Crippen LogP contribution in [0.25, 0.3) is 0 Å². The third kappa shape index (κ3) is 28.1. The molecule has 0 aromatic heterocycles. The van der Waals surface area contributed by atoms with E-state index in [4.69, 9.17) is 0 Å². The Bertz CT molecular complexity index is 6.85. The Hall–Kier alpha value is 1.62. The Balaban J connectivity index is 0. The minimum atomic E-state index is 0. The fourth-order valence-corrected chi connectivity index (χ4v) is 0. The molecule has 33 valence electrons. The largest absolute Gasteiger partial charge is 0.870 e. The second kappa shape index (κ2) is 45.7. The first-order chi connectivity index (χ1) is 0. The van der Waals surface area contributed by atoms with Crippen LogP contribution in [0.3, 0.4) is 0 Å². The van der Waals surface area contributed by atoms with Gasteiger partial charge in [0.05, 0.1) is 0 Å². The van der Waals surface area contributed by atoms with Gasteiger partial charge in [0.1, 0.15) is 0 Å². The summed E-state index contributed by atoms with van der Waals surface area (Å²) < 4.78 is 0. The van der Waals surface area contributed by atoms with Gasteiger partial charge in [-0.05, 0) is 0 Å². The summed E-state index contributed by atoms with van der Waals surface area (Å²) in [6, 6.07) is 0. The van der Waals surface area contributed by atoms with Crippen LogP contribution in [0.2, 0.25) is 0 Å². The van der Waals surface area contributed by atoms with E-state index in [0.717, 1.165) is 0 Å². The molecule has 0 atom stereocenters. The summed E-state index contributed by atoms with van der Waals surface area (Å²) in [7, 11) is 0. The SMILES string of the molecule is [OH-].[OH-].[OH-].[Pb].[Sb]. The van der Waals surface area contributed by atoms with E-state index in [2.05, 4.69) is 0 Å². The smallest absolute Gasteiger partial charge is 0 e. The fourth-order valence-electron chi connectivity index (χ4n) is 0. The summed E-state index contributed by atoms with van der Waals surface area (Å²) >= 11 is 0. The van der Waals surface area contributed by atoms with Gasteiger partial charge in [-0.2, -0.15) is 0 Å². The first-order valence-electron chi connectivity index (χ1n) is 0. The van der Waals surface area contributed by atoms with Crippen molar-refractivity contribution in [2.75, 3.05) is 0 Å². The van der Waals surface area contributed by atoms with E-state index in [-0.39, 0.29) is 68.2 Å². The molecule has 0 rings (SSSR count). The molecule has 0 aliphatic heterocycles. The third-order valence-corrected chi connectivity index (χ3v) is 0. The van der Waals surface area contributed by atoms with Gasteiger partial charge < -0.3 is 16.4 Å². The number of hydrogen-bond acceptors (Lipinski definition) is 3. The minimum Gasteiger partial charge on any atom is -0.870 e. The molecular weight excluding hydrogens is 377 g/mol. The zero-order chi connectivity index (χ0) is 0. The molecule has 5 heavy (non-hydrogen) atoms. The van der Waals surface area contributed by atoms with Gasteiger partial charge in [0, 0.05) is 51.7 Å². The summed E-state index contributed by atoms with van der Waals surface area (Å²) in [6.07, 6.45) is 0. The van der Waals surface area contributed by atoms with E-state index in [1.165, 1.54) is 0 Å². The molecule has 0 heterocycles. The summed E-state index contributed by atoms with van der Waals surface area (Å²) in [5, 5.41) is 0. The van der Waals surface area contributed by atoms with Crippen LogP contribution in [0.1, 0.15) is 0 Å². The molecule has 0 fully saturated rings. The van der Waals surface area contributed by atoms with Crippen LogP contribution >= 0.6 is 0 Å². The van der Waals surface area contributed by atoms with E-state index in [9.17, 15) is 0 Å². The van der Waals surface area contributed by atoms with E-state index in [0.29, 0.717) is 0 Å². The maximum absolute atomic E-state index is 0. The van der Waals surface area contributed by atoms with Crippen molar-refractivity contribution in [3.63, 3.8) is 0 Å². The van der Waals surface area contributed by atoms with Gasteiger partial charge in [-0.15, -0.1) is 0 Å². The van der Waals surface area contributed by atoms with E-state index in [1.54, 1.807) is 0 Å². The first-order valence-corrected chi connectivity index (χ1v) is 0. The van der Waals surface area contributed by atoms with Gasteiger partial charge in [-0.25, -0.2) is 0 Å². The average molecular weight is 380 g/mol. The Kier molecular flexibility index (Phi) is 728. The van der Waals surface area contributed by atoms with Gasteiger partial charge in [-0.3, -0.25) is 0 Å². The normalized spacial score (nSPS) is 0. The molecule has 3 N–H and O–H groups in total. The quantitative estimate of drug-likeness (QED) is 0.490. The van der Waals surface area contributed by atoms with Crippen LogP contribution in [0.4, 0.5) is 0 Å². The van der Waals surface area contributed by atoms with Crippen molar-refractivity contribution in [1.29, 1.82) is 0 Å². The van der Waals surface area contributed by atoms with Crippen LogP contribution in [0.5, 0.6) is 0 Å². The van der Waals surface area contributed by atoms with Gasteiger partial charge in [-0.1, -0.05) is 0 Å². The molecule has 5 heteroatoms. The van der Waals surface area contributed by atoms with Crippen LogP contribution in [-0.2, 0) is 0 Å². The summed E-state index contributed by atoms with van der Waals surface area (Å²) in [4.78, 5) is 0. The van der Waals surface area contributed by atoms with Crippen molar-refractivity contribution >= 4 is 51.7 Å². The van der Waals surface area contributed by atoms with E-state index < -0.39 is 0 Å². The van der Waals surface area contributed by atoms with Crippen molar-refractivity contribution < 1.29 is 16.4 Å². The predicted octanol–water partition coefficient (Wildman–Crippen LogP) is -1.29. The summed E-state index contributed by atoms with van der Waals surface area (Å²) in [6.45, 7) is 0. The second-order valence-electron chi connectivity index (χ2n) is 0. The molecule has 0 unspecified atom stereocenters. The minimum absolute atomic E-state index is 0. The molecule has 0 saturated carbocycles. The molecule has 0 aromatic rings. The Morgan fingerprint density at radius 3 is 0.600 bits per heavy atom. The maximum Gasteiger partial charge on any atom is 0 e. The first kappa shape index (κ1) is 79.7. The van der Waals surface area contributed by atoms with Gasteiger partial charge in [0.2, 0.25) is 0 Å². The Labute approximate surface area is 67.7 Å². The average Bonchev–Trinajstić information content (AvgIpc) is 0. The Morgan fingerprint density at radius 2 is 0.600 bits per heavy atom. The molecule has 0 amide bonds. The molecule has 0 saturated heterocycles. The van der Waals surface area contributed by atoms with Crippen molar-refractivity contribution in [2.24, 2.45) is 0 Å². The van der Waals surface area contributed by atoms with Crippen molar-refractivity contribution in [2.45, 2.75) is 0 Å². The molecule has 0 spiro atoms. The zero-order valence-electron chi connectivity index (χ0n) is 2.29. The molecule has 0 aliphatic rings. The van der Waals surface area contributed by atoms with Gasteiger partial charge >= 0.3 is 0 Å². The standard InChI is InChI=1S/3H2O.Pb.Sb/h3*1H2;;/p-3. The van der Waals surface area contributed by atoms with Crippen molar-refractivity contribution in [3.8, 4) is 0 Å². The molecule has 7 radical (unpaired) electrons. The van der Waals surface area contributed by atoms with Crippen LogP contribution in [0, 0.1) is 0 Å². The molecule has 0 bridgehead atoms. The molecule has 3 nitrogen and oxygen atoms in total. The molecular formula is H3O3PbSb-3. The van der Waals surface area contributed by atoms with E-state index >= 15 is 0 Å². The second-order valence-corrected chi connectivity index (χ2v) is 0. The molecule has 0 aliphatic carbocycles. The van der Waals surface area contributed by atoms with Crippen LogP contribution in [0.15, 0.2) is 0 Å². The topological polar surface area (TPSA) is 90.0 Å². The predicted molar refractivity (Wildman–Crippen MR) is 17.3 cm³/mol. The van der Waals surface area contributed by atoms with Crippen molar-refractivity contribution in [3.05, 3.63) is 0 Å². The van der Waals surface area contributed by atoms with Gasteiger partial charge in [0.15, 0.2) is 0 Å². The van der Waals surface area contributed by atoms with E-state index in [1.807, 2.05) is 0 Å². The third-order valence-electron chi connectivity index (χ3n) is 0. The van der Waals surface area contributed by atoms with Crippen LogP contribution < -0.4 is 0 Å². The Morgan fingerprint density at radius 1 is 0.600 bits per heavy atom. The number of hydrogen-bond donors (Lipinski definition) is 0. The maximum atomic E-state index is 0. The van der Waals surface area contributed by atoms with Crippen molar-refractivity contribution in [1.82, 2.24) is 0 Å². The molecule has 0 aromatic carbocycles. The van der Waals surface area contributed by atoms with Crippen LogP contribution in [-0.4, -0.2) is 68.2 Å².